The second-order valence-corrected chi connectivity index (χ2v) is 11.0. The molecule has 0 aliphatic heterocycles. The molecular formula is C18H25NO3S2. The largest absolute Gasteiger partial charge is 0.327 e. The summed E-state index contributed by atoms with van der Waals surface area (Å²) in [6, 6.07) is 0.0384. The van der Waals surface area contributed by atoms with E-state index in [1.807, 2.05) is 0 Å². The number of carbonyl (C=O) groups is 1. The Morgan fingerprint density at radius 2 is 1.92 bits per heavy atom. The van der Waals surface area contributed by atoms with Crippen molar-refractivity contribution in [2.24, 2.45) is 17.6 Å². The fraction of sp³-hybridized carbons (Fsp3) is 0.722. The fourth-order valence-corrected chi connectivity index (χ4v) is 7.33. The van der Waals surface area contributed by atoms with Gasteiger partial charge < -0.3 is 5.73 Å². The van der Waals surface area contributed by atoms with Gasteiger partial charge in [-0.1, -0.05) is 12.8 Å². The van der Waals surface area contributed by atoms with Gasteiger partial charge in [-0.05, 0) is 50.0 Å². The first kappa shape index (κ1) is 16.7. The van der Waals surface area contributed by atoms with E-state index in [4.69, 9.17) is 5.73 Å². The lowest BCUT2D eigenvalue weighted by Crippen LogP contribution is -2.28. The van der Waals surface area contributed by atoms with Crippen LogP contribution >= 0.6 is 11.3 Å². The van der Waals surface area contributed by atoms with Crippen molar-refractivity contribution in [2.75, 3.05) is 5.75 Å². The van der Waals surface area contributed by atoms with Gasteiger partial charge in [-0.3, -0.25) is 4.79 Å². The van der Waals surface area contributed by atoms with Crippen LogP contribution in [0.15, 0.2) is 4.90 Å². The summed E-state index contributed by atoms with van der Waals surface area (Å²) in [7, 11) is -3.32. The number of rotatable bonds is 7. The van der Waals surface area contributed by atoms with Crippen LogP contribution < -0.4 is 5.73 Å². The van der Waals surface area contributed by atoms with E-state index in [9.17, 15) is 13.2 Å². The molecule has 1 aromatic heterocycles. The zero-order valence-electron chi connectivity index (χ0n) is 13.9. The number of hydrogen-bond acceptors (Lipinski definition) is 5. The molecule has 2 N–H and O–H groups in total. The molecule has 2 fully saturated rings. The highest BCUT2D eigenvalue weighted by atomic mass is 32.2. The van der Waals surface area contributed by atoms with Gasteiger partial charge in [0.2, 0.25) is 0 Å². The highest BCUT2D eigenvalue weighted by Gasteiger charge is 2.35. The zero-order valence-corrected chi connectivity index (χ0v) is 15.6. The topological polar surface area (TPSA) is 77.2 Å². The Bertz CT molecular complexity index is 757. The molecular weight excluding hydrogens is 342 g/mol. The molecule has 0 radical (unpaired) electrons. The van der Waals surface area contributed by atoms with Crippen LogP contribution in [0.4, 0.5) is 0 Å². The van der Waals surface area contributed by atoms with Crippen molar-refractivity contribution >= 4 is 27.0 Å². The molecule has 0 amide bonds. The molecule has 2 saturated carbocycles. The normalized spacial score (nSPS) is 24.0. The van der Waals surface area contributed by atoms with E-state index in [0.717, 1.165) is 60.3 Å². The molecule has 4 nitrogen and oxygen atoms in total. The average molecular weight is 368 g/mol. The maximum absolute atomic E-state index is 13.0. The molecule has 3 aliphatic carbocycles. The Hall–Kier alpha value is -0.720. The summed E-state index contributed by atoms with van der Waals surface area (Å²) in [5, 5.41) is 0. The van der Waals surface area contributed by atoms with Crippen LogP contribution in [0, 0.1) is 11.8 Å². The van der Waals surface area contributed by atoms with E-state index in [1.165, 1.54) is 0 Å². The third kappa shape index (κ3) is 3.46. The Morgan fingerprint density at radius 1 is 1.17 bits per heavy atom. The minimum atomic E-state index is -3.32. The van der Waals surface area contributed by atoms with Crippen LogP contribution in [-0.4, -0.2) is 26.0 Å². The molecule has 3 aliphatic rings. The molecule has 0 spiro atoms. The average Bonchev–Trinajstić information content (AvgIpc) is 3.42. The van der Waals surface area contributed by atoms with Gasteiger partial charge in [0.25, 0.3) is 0 Å². The Morgan fingerprint density at radius 3 is 2.58 bits per heavy atom. The van der Waals surface area contributed by atoms with E-state index in [1.54, 1.807) is 11.3 Å². The number of aryl methyl sites for hydroxylation is 1. The maximum atomic E-state index is 13.0. The van der Waals surface area contributed by atoms with Gasteiger partial charge in [0.1, 0.15) is 5.78 Å². The summed E-state index contributed by atoms with van der Waals surface area (Å²) in [6.07, 6.45) is 7.72. The van der Waals surface area contributed by atoms with Gasteiger partial charge in [0, 0.05) is 28.1 Å². The number of fused-ring (bicyclic) bond motifs is 1. The van der Waals surface area contributed by atoms with Gasteiger partial charge in [0.15, 0.2) is 9.84 Å². The van der Waals surface area contributed by atoms with Crippen LogP contribution in [0.25, 0.3) is 0 Å². The molecule has 132 valence electrons. The predicted octanol–water partition coefficient (Wildman–Crippen LogP) is 2.66. The summed E-state index contributed by atoms with van der Waals surface area (Å²) in [5.74, 6) is 1.21. The highest BCUT2D eigenvalue weighted by Crippen LogP contribution is 2.41. The summed E-state index contributed by atoms with van der Waals surface area (Å²) < 4.78 is 26.1. The molecule has 6 heteroatoms. The summed E-state index contributed by atoms with van der Waals surface area (Å²) in [6.45, 7) is 0. The van der Waals surface area contributed by atoms with E-state index in [2.05, 4.69) is 0 Å². The summed E-state index contributed by atoms with van der Waals surface area (Å²) in [4.78, 5) is 14.7. The van der Waals surface area contributed by atoms with E-state index in [0.29, 0.717) is 23.7 Å². The molecule has 1 atom stereocenters. The summed E-state index contributed by atoms with van der Waals surface area (Å²) >= 11 is 1.56. The first-order valence-electron chi connectivity index (χ1n) is 9.08. The maximum Gasteiger partial charge on any atom is 0.179 e. The Balaban J connectivity index is 1.67. The second kappa shape index (κ2) is 6.22. The lowest BCUT2D eigenvalue weighted by atomic mass is 9.94. The molecule has 0 bridgehead atoms. The quantitative estimate of drug-likeness (QED) is 0.804. The molecule has 0 saturated heterocycles. The molecule has 0 aromatic carbocycles. The van der Waals surface area contributed by atoms with Crippen LogP contribution in [0.2, 0.25) is 0 Å². The number of carbonyl (C=O) groups excluding carboxylic acids is 1. The number of sulfone groups is 1. The van der Waals surface area contributed by atoms with Crippen molar-refractivity contribution in [3.05, 3.63) is 15.3 Å². The number of Topliss-reactive ketones (excluding diaryl/α,β-unsaturated/α-hetero) is 1. The van der Waals surface area contributed by atoms with Gasteiger partial charge in [0.05, 0.1) is 10.6 Å². The van der Waals surface area contributed by atoms with E-state index >= 15 is 0 Å². The standard InChI is InChI=1S/C18H25NO3S2/c19-13-5-6-16-14(9-13)18(24(21,22)8-7-11-1-2-11)17(23-16)10-15(20)12-3-4-12/h11-13H,1-10,19H2. The van der Waals surface area contributed by atoms with Crippen molar-refractivity contribution in [1.82, 2.24) is 0 Å². The van der Waals surface area contributed by atoms with Gasteiger partial charge >= 0.3 is 0 Å². The van der Waals surface area contributed by atoms with E-state index < -0.39 is 9.84 Å². The molecule has 1 aromatic rings. The number of thiophene rings is 1. The number of ketones is 1. The van der Waals surface area contributed by atoms with Crippen molar-refractivity contribution < 1.29 is 13.2 Å². The first-order chi connectivity index (χ1) is 11.4. The minimum absolute atomic E-state index is 0.0384. The number of hydrogen-bond donors (Lipinski definition) is 1. The lowest BCUT2D eigenvalue weighted by molar-refractivity contribution is -0.119. The third-order valence-electron chi connectivity index (χ3n) is 5.49. The zero-order chi connectivity index (χ0) is 16.9. The second-order valence-electron chi connectivity index (χ2n) is 7.73. The van der Waals surface area contributed by atoms with Crippen LogP contribution in [-0.2, 0) is 33.9 Å². The summed E-state index contributed by atoms with van der Waals surface area (Å²) in [5.41, 5.74) is 7.04. The molecule has 1 heterocycles. The SMILES string of the molecule is NC1CCc2sc(CC(=O)C3CC3)c(S(=O)(=O)CCC3CC3)c2C1. The van der Waals surface area contributed by atoms with Crippen molar-refractivity contribution in [3.8, 4) is 0 Å². The monoisotopic (exact) mass is 367 g/mol. The van der Waals surface area contributed by atoms with Gasteiger partial charge in [-0.2, -0.15) is 0 Å². The first-order valence-corrected chi connectivity index (χ1v) is 11.6. The van der Waals surface area contributed by atoms with Crippen molar-refractivity contribution in [1.29, 1.82) is 0 Å². The minimum Gasteiger partial charge on any atom is -0.327 e. The van der Waals surface area contributed by atoms with E-state index in [-0.39, 0.29) is 23.5 Å². The number of nitrogens with two attached hydrogens (primary N) is 1. The Labute approximate surface area is 147 Å². The Kier molecular flexibility index (Phi) is 4.34. The van der Waals surface area contributed by atoms with Crippen LogP contribution in [0.3, 0.4) is 0 Å². The van der Waals surface area contributed by atoms with Gasteiger partial charge in [-0.25, -0.2) is 8.42 Å². The fourth-order valence-electron chi connectivity index (χ4n) is 3.66. The highest BCUT2D eigenvalue weighted by molar-refractivity contribution is 7.91. The van der Waals surface area contributed by atoms with Gasteiger partial charge in [-0.15, -0.1) is 11.3 Å². The molecule has 4 rings (SSSR count). The molecule has 24 heavy (non-hydrogen) atoms. The predicted molar refractivity (Wildman–Crippen MR) is 95.1 cm³/mol. The van der Waals surface area contributed by atoms with Crippen molar-refractivity contribution in [2.45, 2.75) is 68.7 Å². The lowest BCUT2D eigenvalue weighted by Gasteiger charge is -2.19. The smallest absolute Gasteiger partial charge is 0.179 e. The molecule has 1 unspecified atom stereocenters. The third-order valence-corrected chi connectivity index (χ3v) is 8.80. The van der Waals surface area contributed by atoms with Crippen LogP contribution in [0.5, 0.6) is 0 Å². The van der Waals surface area contributed by atoms with Crippen molar-refractivity contribution in [3.63, 3.8) is 0 Å². The van der Waals surface area contributed by atoms with Crippen LogP contribution in [0.1, 0.15) is 53.8 Å².